The van der Waals surface area contributed by atoms with Gasteiger partial charge in [0, 0.05) is 12.2 Å². The van der Waals surface area contributed by atoms with Crippen molar-refractivity contribution in [3.8, 4) is 17.1 Å². The summed E-state index contributed by atoms with van der Waals surface area (Å²) in [5.74, 6) is -1.23. The van der Waals surface area contributed by atoms with E-state index < -0.39 is 11.6 Å². The van der Waals surface area contributed by atoms with E-state index in [1.165, 1.54) is 42.5 Å². The number of benzene rings is 3. The average molecular weight is 454 g/mol. The first kappa shape index (κ1) is 21.6. The van der Waals surface area contributed by atoms with E-state index in [-0.39, 0.29) is 35.4 Å². The molecule has 1 aromatic heterocycles. The van der Waals surface area contributed by atoms with Crippen LogP contribution in [0.1, 0.15) is 5.56 Å². The second-order valence-corrected chi connectivity index (χ2v) is 7.73. The van der Waals surface area contributed by atoms with E-state index in [2.05, 4.69) is 15.5 Å². The Kier molecular flexibility index (Phi) is 6.55. The van der Waals surface area contributed by atoms with Gasteiger partial charge in [-0.05, 0) is 54.1 Å². The Morgan fingerprint density at radius 3 is 2.22 bits per heavy atom. The molecule has 4 aromatic rings. The molecule has 0 unspecified atom stereocenters. The van der Waals surface area contributed by atoms with Crippen LogP contribution in [0.3, 0.4) is 0 Å². The molecule has 0 atom stereocenters. The lowest BCUT2D eigenvalue weighted by Crippen LogP contribution is -2.24. The fourth-order valence-corrected chi connectivity index (χ4v) is 3.77. The number of nitrogens with one attached hydrogen (secondary N) is 1. The lowest BCUT2D eigenvalue weighted by Gasteiger charge is -2.11. The number of nitrogens with zero attached hydrogens (tertiary/aromatic N) is 3. The van der Waals surface area contributed by atoms with Gasteiger partial charge in [-0.2, -0.15) is 0 Å². The Bertz CT molecular complexity index is 1230. The van der Waals surface area contributed by atoms with Crippen LogP contribution in [0.25, 0.3) is 17.1 Å². The number of rotatable bonds is 7. The summed E-state index contributed by atoms with van der Waals surface area (Å²) in [4.78, 5) is 12.3. The van der Waals surface area contributed by atoms with Gasteiger partial charge in [0.1, 0.15) is 17.5 Å². The summed E-state index contributed by atoms with van der Waals surface area (Å²) in [6.07, 6.45) is 0. The maximum Gasteiger partial charge on any atom is 0.230 e. The van der Waals surface area contributed by atoms with Crippen LogP contribution in [-0.4, -0.2) is 26.4 Å². The minimum atomic E-state index is -0.475. The number of carbonyl (C=O) groups excluding carboxylic acids is 1. The van der Waals surface area contributed by atoms with Gasteiger partial charge in [0.15, 0.2) is 11.0 Å². The number of carbonyl (C=O) groups is 1. The lowest BCUT2D eigenvalue weighted by atomic mass is 10.2. The molecule has 9 heteroatoms. The monoisotopic (exact) mass is 454 g/mol. The summed E-state index contributed by atoms with van der Waals surface area (Å²) < 4.78 is 42.4. The maximum atomic E-state index is 14.4. The number of halogens is 3. The van der Waals surface area contributed by atoms with Crippen molar-refractivity contribution in [1.29, 1.82) is 0 Å². The Labute approximate surface area is 186 Å². The van der Waals surface area contributed by atoms with Gasteiger partial charge in [-0.15, -0.1) is 10.2 Å². The molecule has 0 saturated carbocycles. The van der Waals surface area contributed by atoms with E-state index in [1.54, 1.807) is 34.9 Å². The van der Waals surface area contributed by atoms with E-state index in [1.807, 2.05) is 0 Å². The first-order valence-corrected chi connectivity index (χ1v) is 10.6. The highest BCUT2D eigenvalue weighted by molar-refractivity contribution is 7.99. The van der Waals surface area contributed by atoms with E-state index in [9.17, 15) is 18.0 Å². The number of amides is 1. The molecule has 0 aliphatic rings. The number of thioether (sulfide) groups is 1. The lowest BCUT2D eigenvalue weighted by molar-refractivity contribution is -0.118. The van der Waals surface area contributed by atoms with Gasteiger partial charge in [0.25, 0.3) is 0 Å². The van der Waals surface area contributed by atoms with E-state index in [0.717, 1.165) is 17.3 Å². The molecular formula is C23H17F3N4OS. The van der Waals surface area contributed by atoms with Gasteiger partial charge in [0.2, 0.25) is 5.91 Å². The Hall–Kier alpha value is -3.59. The molecule has 3 aromatic carbocycles. The van der Waals surface area contributed by atoms with Crippen LogP contribution in [0.15, 0.2) is 78.0 Å². The van der Waals surface area contributed by atoms with Gasteiger partial charge in [-0.3, -0.25) is 9.36 Å². The molecule has 0 aliphatic heterocycles. The van der Waals surface area contributed by atoms with Crippen LogP contribution in [0.4, 0.5) is 13.2 Å². The Balaban J connectivity index is 1.54. The summed E-state index contributed by atoms with van der Waals surface area (Å²) in [5, 5.41) is 11.4. The fraction of sp³-hybridized carbons (Fsp3) is 0.0870. The number of aromatic nitrogens is 3. The summed E-state index contributed by atoms with van der Waals surface area (Å²) in [7, 11) is 0. The van der Waals surface area contributed by atoms with E-state index in [0.29, 0.717) is 10.8 Å². The summed E-state index contributed by atoms with van der Waals surface area (Å²) in [6, 6.07) is 17.6. The smallest absolute Gasteiger partial charge is 0.230 e. The van der Waals surface area contributed by atoms with E-state index in [4.69, 9.17) is 0 Å². The van der Waals surface area contributed by atoms with Crippen molar-refractivity contribution in [3.63, 3.8) is 0 Å². The van der Waals surface area contributed by atoms with Gasteiger partial charge < -0.3 is 5.32 Å². The van der Waals surface area contributed by atoms with Crippen molar-refractivity contribution >= 4 is 17.7 Å². The third-order valence-corrected chi connectivity index (χ3v) is 5.50. The summed E-state index contributed by atoms with van der Waals surface area (Å²) in [6.45, 7) is 0.255. The third-order valence-electron chi connectivity index (χ3n) is 4.57. The second-order valence-electron chi connectivity index (χ2n) is 6.79. The molecule has 1 amide bonds. The zero-order valence-corrected chi connectivity index (χ0v) is 17.5. The predicted octanol–water partition coefficient (Wildman–Crippen LogP) is 4.76. The van der Waals surface area contributed by atoms with Crippen molar-refractivity contribution in [2.45, 2.75) is 11.7 Å². The molecule has 0 saturated heterocycles. The number of hydrogen-bond donors (Lipinski definition) is 1. The third kappa shape index (κ3) is 5.00. The first-order chi connectivity index (χ1) is 15.5. The number of hydrogen-bond acceptors (Lipinski definition) is 4. The molecule has 5 nitrogen and oxygen atoms in total. The molecule has 0 spiro atoms. The van der Waals surface area contributed by atoms with Crippen molar-refractivity contribution in [2.75, 3.05) is 5.75 Å². The molecule has 1 N–H and O–H groups in total. The Morgan fingerprint density at radius 2 is 1.53 bits per heavy atom. The van der Waals surface area contributed by atoms with Crippen LogP contribution in [0, 0.1) is 17.5 Å². The zero-order valence-electron chi connectivity index (χ0n) is 16.6. The average Bonchev–Trinajstić information content (AvgIpc) is 3.22. The highest BCUT2D eigenvalue weighted by Gasteiger charge is 2.19. The zero-order chi connectivity index (χ0) is 22.5. The SMILES string of the molecule is O=C(CSc1nnc(-c2ccccc2F)n1-c1ccc(F)cc1)NCc1ccc(F)cc1. The molecule has 4 rings (SSSR count). The Morgan fingerprint density at radius 1 is 0.875 bits per heavy atom. The molecule has 32 heavy (non-hydrogen) atoms. The predicted molar refractivity (Wildman–Crippen MR) is 116 cm³/mol. The molecule has 1 heterocycles. The van der Waals surface area contributed by atoms with Crippen LogP contribution >= 0.6 is 11.8 Å². The molecule has 0 aliphatic carbocycles. The summed E-state index contributed by atoms with van der Waals surface area (Å²) >= 11 is 1.11. The standard InChI is InChI=1S/C23H17F3N4OS/c24-16-7-5-15(6-8-16)13-27-21(31)14-32-23-29-28-22(19-3-1-2-4-20(19)26)30(23)18-11-9-17(25)10-12-18/h1-12H,13-14H2,(H,27,31). The van der Waals surface area contributed by atoms with Crippen molar-refractivity contribution in [2.24, 2.45) is 0 Å². The van der Waals surface area contributed by atoms with Crippen LogP contribution in [0.5, 0.6) is 0 Å². The normalized spacial score (nSPS) is 10.8. The van der Waals surface area contributed by atoms with Gasteiger partial charge >= 0.3 is 0 Å². The fourth-order valence-electron chi connectivity index (χ4n) is 2.99. The van der Waals surface area contributed by atoms with Gasteiger partial charge in [0.05, 0.1) is 11.3 Å². The largest absolute Gasteiger partial charge is 0.351 e. The van der Waals surface area contributed by atoms with Crippen LogP contribution in [-0.2, 0) is 11.3 Å². The molecule has 162 valence electrons. The van der Waals surface area contributed by atoms with Crippen molar-refractivity contribution < 1.29 is 18.0 Å². The van der Waals surface area contributed by atoms with Crippen LogP contribution in [0.2, 0.25) is 0 Å². The second kappa shape index (κ2) is 9.69. The minimum absolute atomic E-state index is 0.0256. The topological polar surface area (TPSA) is 59.8 Å². The molecule has 0 fully saturated rings. The highest BCUT2D eigenvalue weighted by atomic mass is 32.2. The first-order valence-electron chi connectivity index (χ1n) is 9.61. The summed E-state index contributed by atoms with van der Waals surface area (Å²) in [5.41, 5.74) is 1.53. The van der Waals surface area contributed by atoms with Crippen molar-refractivity contribution in [1.82, 2.24) is 20.1 Å². The molecule has 0 radical (unpaired) electrons. The van der Waals surface area contributed by atoms with Crippen LogP contribution < -0.4 is 5.32 Å². The van der Waals surface area contributed by atoms with Gasteiger partial charge in [-0.25, -0.2) is 13.2 Å². The van der Waals surface area contributed by atoms with Crippen molar-refractivity contribution in [3.05, 3.63) is 95.8 Å². The van der Waals surface area contributed by atoms with E-state index >= 15 is 0 Å². The minimum Gasteiger partial charge on any atom is -0.351 e. The van der Waals surface area contributed by atoms with Gasteiger partial charge in [-0.1, -0.05) is 36.0 Å². The quantitative estimate of drug-likeness (QED) is 0.409. The maximum absolute atomic E-state index is 14.4. The molecular weight excluding hydrogens is 437 g/mol. The molecule has 0 bridgehead atoms. The highest BCUT2D eigenvalue weighted by Crippen LogP contribution is 2.29.